The summed E-state index contributed by atoms with van der Waals surface area (Å²) < 4.78 is 2.20. The van der Waals surface area contributed by atoms with Crippen LogP contribution in [0.4, 0.5) is 0 Å². The Morgan fingerprint density at radius 1 is 1.16 bits per heavy atom. The van der Waals surface area contributed by atoms with Crippen molar-refractivity contribution in [3.8, 4) is 0 Å². The molecule has 0 fully saturated rings. The molecule has 0 aliphatic carbocycles. The molecule has 2 unspecified atom stereocenters. The maximum Gasteiger partial charge on any atom is 0.0644 e. The minimum atomic E-state index is 0.450. The van der Waals surface area contributed by atoms with Crippen molar-refractivity contribution in [3.63, 3.8) is 0 Å². The number of nitrogens with one attached hydrogen (secondary N) is 1. The fourth-order valence-corrected chi connectivity index (χ4v) is 2.59. The summed E-state index contributed by atoms with van der Waals surface area (Å²) in [6.45, 7) is 15.5. The number of hydrogen-bond donors (Lipinski definition) is 1. The topological polar surface area (TPSA) is 29.9 Å². The van der Waals surface area contributed by atoms with Gasteiger partial charge in [-0.1, -0.05) is 34.1 Å². The maximum atomic E-state index is 4.75. The van der Waals surface area contributed by atoms with Crippen LogP contribution in [0.3, 0.4) is 0 Å². The van der Waals surface area contributed by atoms with Crippen LogP contribution in [-0.4, -0.2) is 16.3 Å². The van der Waals surface area contributed by atoms with Crippen molar-refractivity contribution in [2.45, 2.75) is 73.4 Å². The van der Waals surface area contributed by atoms with Crippen LogP contribution >= 0.6 is 0 Å². The Morgan fingerprint density at radius 2 is 1.84 bits per heavy atom. The molecule has 0 aromatic carbocycles. The first-order chi connectivity index (χ1) is 9.04. The fraction of sp³-hybridized carbons (Fsp3) is 0.812. The van der Waals surface area contributed by atoms with Crippen LogP contribution in [0, 0.1) is 19.8 Å². The van der Waals surface area contributed by atoms with E-state index in [0.717, 1.165) is 19.5 Å². The minimum absolute atomic E-state index is 0.450. The largest absolute Gasteiger partial charge is 0.310 e. The molecule has 1 rings (SSSR count). The molecule has 0 saturated carbocycles. The summed E-state index contributed by atoms with van der Waals surface area (Å²) in [5.74, 6) is 0.689. The molecular weight excluding hydrogens is 234 g/mol. The van der Waals surface area contributed by atoms with Crippen LogP contribution in [0.5, 0.6) is 0 Å². The van der Waals surface area contributed by atoms with Crippen molar-refractivity contribution in [2.24, 2.45) is 5.92 Å². The molecule has 0 aliphatic heterocycles. The average Bonchev–Trinajstić information content (AvgIpc) is 2.67. The molecule has 3 heteroatoms. The van der Waals surface area contributed by atoms with E-state index in [1.165, 1.54) is 29.8 Å². The number of aryl methyl sites for hydroxylation is 1. The second kappa shape index (κ2) is 7.68. The Kier molecular flexibility index (Phi) is 6.56. The fourth-order valence-electron chi connectivity index (χ4n) is 2.59. The van der Waals surface area contributed by atoms with Crippen LogP contribution in [-0.2, 0) is 6.54 Å². The van der Waals surface area contributed by atoms with Gasteiger partial charge in [-0.05, 0) is 39.2 Å². The molecule has 0 aliphatic rings. The van der Waals surface area contributed by atoms with Gasteiger partial charge in [-0.3, -0.25) is 4.68 Å². The predicted molar refractivity (Wildman–Crippen MR) is 82.5 cm³/mol. The van der Waals surface area contributed by atoms with Crippen LogP contribution in [0.1, 0.15) is 70.0 Å². The molecule has 3 nitrogen and oxygen atoms in total. The molecule has 0 amide bonds. The summed E-state index contributed by atoms with van der Waals surface area (Å²) >= 11 is 0. The van der Waals surface area contributed by atoms with E-state index in [-0.39, 0.29) is 0 Å². The third-order valence-electron chi connectivity index (χ3n) is 4.02. The number of hydrogen-bond acceptors (Lipinski definition) is 2. The molecule has 0 radical (unpaired) electrons. The van der Waals surface area contributed by atoms with Crippen molar-refractivity contribution in [1.82, 2.24) is 15.1 Å². The van der Waals surface area contributed by atoms with Gasteiger partial charge in [-0.15, -0.1) is 0 Å². The zero-order valence-corrected chi connectivity index (χ0v) is 13.6. The van der Waals surface area contributed by atoms with Gasteiger partial charge in [0, 0.05) is 23.8 Å². The molecular formula is C16H31N3. The number of aromatic nitrogens is 2. The summed E-state index contributed by atoms with van der Waals surface area (Å²) in [5, 5.41) is 8.40. The Hall–Kier alpha value is -0.830. The van der Waals surface area contributed by atoms with Crippen molar-refractivity contribution < 1.29 is 0 Å². The third-order valence-corrected chi connectivity index (χ3v) is 4.02. The Balaban J connectivity index is 2.94. The molecule has 1 heterocycles. The molecule has 0 spiro atoms. The zero-order chi connectivity index (χ0) is 14.4. The normalized spacial score (nSPS) is 14.6. The van der Waals surface area contributed by atoms with E-state index in [0.29, 0.717) is 12.0 Å². The first kappa shape index (κ1) is 16.2. The second-order valence-electron chi connectivity index (χ2n) is 5.69. The smallest absolute Gasteiger partial charge is 0.0644 e. The summed E-state index contributed by atoms with van der Waals surface area (Å²) in [5.41, 5.74) is 3.95. The van der Waals surface area contributed by atoms with Crippen molar-refractivity contribution >= 4 is 0 Å². The van der Waals surface area contributed by atoms with Crippen LogP contribution in [0.15, 0.2) is 0 Å². The van der Waals surface area contributed by atoms with Gasteiger partial charge in [0.15, 0.2) is 0 Å². The lowest BCUT2D eigenvalue weighted by atomic mass is 10.0. The Bertz CT molecular complexity index is 382. The van der Waals surface area contributed by atoms with Gasteiger partial charge in [0.1, 0.15) is 0 Å². The van der Waals surface area contributed by atoms with E-state index in [1.807, 2.05) is 0 Å². The minimum Gasteiger partial charge on any atom is -0.310 e. The Labute approximate surface area is 118 Å². The third kappa shape index (κ3) is 4.07. The monoisotopic (exact) mass is 265 g/mol. The highest BCUT2D eigenvalue weighted by molar-refractivity contribution is 5.28. The van der Waals surface area contributed by atoms with E-state index < -0.39 is 0 Å². The first-order valence-electron chi connectivity index (χ1n) is 7.82. The van der Waals surface area contributed by atoms with Crippen molar-refractivity contribution in [2.75, 3.05) is 6.54 Å². The molecule has 1 N–H and O–H groups in total. The summed E-state index contributed by atoms with van der Waals surface area (Å²) in [7, 11) is 0. The van der Waals surface area contributed by atoms with Crippen molar-refractivity contribution in [1.29, 1.82) is 0 Å². The Morgan fingerprint density at radius 3 is 2.37 bits per heavy atom. The van der Waals surface area contributed by atoms with Gasteiger partial charge in [0.2, 0.25) is 0 Å². The van der Waals surface area contributed by atoms with E-state index in [9.17, 15) is 0 Å². The summed E-state index contributed by atoms with van der Waals surface area (Å²) in [4.78, 5) is 0. The van der Waals surface area contributed by atoms with Gasteiger partial charge in [0.05, 0.1) is 5.69 Å². The lowest BCUT2D eigenvalue weighted by Gasteiger charge is -2.18. The van der Waals surface area contributed by atoms with Gasteiger partial charge >= 0.3 is 0 Å². The second-order valence-corrected chi connectivity index (χ2v) is 5.69. The molecule has 110 valence electrons. The number of rotatable bonds is 8. The van der Waals surface area contributed by atoms with Crippen LogP contribution in [0.2, 0.25) is 0 Å². The molecule has 0 bridgehead atoms. The summed E-state index contributed by atoms with van der Waals surface area (Å²) in [6, 6.07) is 0.450. The zero-order valence-electron chi connectivity index (χ0n) is 13.6. The van der Waals surface area contributed by atoms with E-state index in [4.69, 9.17) is 5.10 Å². The molecule has 1 aromatic rings. The molecule has 0 saturated heterocycles. The highest BCUT2D eigenvalue weighted by Gasteiger charge is 2.19. The van der Waals surface area contributed by atoms with Crippen LogP contribution in [0.25, 0.3) is 0 Å². The molecule has 1 aromatic heterocycles. The van der Waals surface area contributed by atoms with Crippen LogP contribution < -0.4 is 5.32 Å². The lowest BCUT2D eigenvalue weighted by Crippen LogP contribution is -2.22. The van der Waals surface area contributed by atoms with E-state index >= 15 is 0 Å². The summed E-state index contributed by atoms with van der Waals surface area (Å²) in [6.07, 6.45) is 3.51. The van der Waals surface area contributed by atoms with E-state index in [2.05, 4.69) is 51.5 Å². The highest BCUT2D eigenvalue weighted by atomic mass is 15.3. The van der Waals surface area contributed by atoms with Gasteiger partial charge < -0.3 is 5.32 Å². The average molecular weight is 265 g/mol. The number of nitrogens with zero attached hydrogens (tertiary/aromatic N) is 2. The maximum absolute atomic E-state index is 4.75. The van der Waals surface area contributed by atoms with Crippen molar-refractivity contribution in [3.05, 3.63) is 17.0 Å². The van der Waals surface area contributed by atoms with Gasteiger partial charge in [-0.25, -0.2) is 0 Å². The first-order valence-corrected chi connectivity index (χ1v) is 7.82. The van der Waals surface area contributed by atoms with E-state index in [1.54, 1.807) is 0 Å². The lowest BCUT2D eigenvalue weighted by molar-refractivity contribution is 0.430. The quantitative estimate of drug-likeness (QED) is 0.770. The SMILES string of the molecule is CCCNC(CC)c1c(C)nn(CC(C)CC)c1C. The molecule has 2 atom stereocenters. The highest BCUT2D eigenvalue weighted by Crippen LogP contribution is 2.25. The standard InChI is InChI=1S/C16H31N3/c1-7-10-17-15(9-3)16-13(5)18-19(14(16)6)11-12(4)8-2/h12,15,17H,7-11H2,1-6H3. The van der Waals surface area contributed by atoms with Gasteiger partial charge in [0.25, 0.3) is 0 Å². The van der Waals surface area contributed by atoms with Gasteiger partial charge in [-0.2, -0.15) is 5.10 Å². The molecule has 19 heavy (non-hydrogen) atoms. The predicted octanol–water partition coefficient (Wildman–Crippen LogP) is 4.00.